The van der Waals surface area contributed by atoms with Crippen LogP contribution < -0.4 is 0 Å². The van der Waals surface area contributed by atoms with Crippen LogP contribution in [0.5, 0.6) is 0 Å². The largest absolute Gasteiger partial charge is 0.462 e. The van der Waals surface area contributed by atoms with Crippen LogP contribution in [0.15, 0.2) is 37.5 Å². The third kappa shape index (κ3) is 2.51. The highest BCUT2D eigenvalue weighted by Gasteiger charge is 2.58. The summed E-state index contributed by atoms with van der Waals surface area (Å²) >= 11 is 0. The molecule has 3 rings (SSSR count). The molecule has 0 N–H and O–H groups in total. The lowest BCUT2D eigenvalue weighted by Crippen LogP contribution is -2.38. The quantitative estimate of drug-likeness (QED) is 0.430. The molecule has 22 heavy (non-hydrogen) atoms. The summed E-state index contributed by atoms with van der Waals surface area (Å²) in [5.74, 6) is 2.11. The van der Waals surface area contributed by atoms with Crippen molar-refractivity contribution in [3.63, 3.8) is 0 Å². The van der Waals surface area contributed by atoms with Crippen molar-refractivity contribution in [1.29, 1.82) is 0 Å². The summed E-state index contributed by atoms with van der Waals surface area (Å²) in [4.78, 5) is 22.7. The van der Waals surface area contributed by atoms with Crippen LogP contribution >= 0.6 is 0 Å². The molecular weight excluding hydrogens is 280 g/mol. The fourth-order valence-electron chi connectivity index (χ4n) is 4.82. The monoisotopic (exact) mass is 302 g/mol. The first-order valence-corrected chi connectivity index (χ1v) is 7.90. The molecule has 0 amide bonds. The first-order valence-electron chi connectivity index (χ1n) is 7.90. The van der Waals surface area contributed by atoms with Gasteiger partial charge >= 0.3 is 11.9 Å². The normalized spacial score (nSPS) is 37.6. The molecule has 0 saturated heterocycles. The van der Waals surface area contributed by atoms with Crippen LogP contribution in [0.3, 0.4) is 0 Å². The first kappa shape index (κ1) is 15.1. The Bertz CT molecular complexity index is 521. The van der Waals surface area contributed by atoms with E-state index in [1.54, 1.807) is 0 Å². The van der Waals surface area contributed by atoms with Gasteiger partial charge in [0, 0.05) is 24.0 Å². The number of fused-ring (bicyclic) bond motifs is 5. The Kier molecular flexibility index (Phi) is 4.19. The molecule has 4 heteroatoms. The summed E-state index contributed by atoms with van der Waals surface area (Å²) in [5.41, 5.74) is 0. The Morgan fingerprint density at radius 1 is 1.00 bits per heavy atom. The van der Waals surface area contributed by atoms with E-state index in [-0.39, 0.29) is 23.8 Å². The number of esters is 2. The van der Waals surface area contributed by atoms with Crippen molar-refractivity contribution in [2.75, 3.05) is 13.2 Å². The van der Waals surface area contributed by atoms with Gasteiger partial charge < -0.3 is 9.47 Å². The minimum absolute atomic E-state index is 0.260. The molecule has 6 unspecified atom stereocenters. The van der Waals surface area contributed by atoms with Gasteiger partial charge in [-0.25, -0.2) is 9.59 Å². The molecular formula is C18H22O4. The minimum Gasteiger partial charge on any atom is -0.462 e. The topological polar surface area (TPSA) is 52.6 Å². The van der Waals surface area contributed by atoms with Gasteiger partial charge in [0.05, 0.1) is 13.2 Å². The molecule has 3 aliphatic rings. The number of allylic oxidation sites excluding steroid dienone is 2. The molecule has 0 radical (unpaired) electrons. The molecule has 0 aromatic carbocycles. The maximum atomic E-state index is 11.4. The molecule has 0 heterocycles. The lowest BCUT2D eigenvalue weighted by atomic mass is 9.70. The second kappa shape index (κ2) is 6.11. The first-order chi connectivity index (χ1) is 10.7. The summed E-state index contributed by atoms with van der Waals surface area (Å²) in [6.07, 6.45) is 9.24. The number of rotatable bonds is 6. The van der Waals surface area contributed by atoms with Crippen molar-refractivity contribution in [3.05, 3.63) is 37.5 Å². The van der Waals surface area contributed by atoms with Crippen LogP contribution in [0.1, 0.15) is 12.8 Å². The van der Waals surface area contributed by atoms with E-state index >= 15 is 0 Å². The number of carbonyl (C=O) groups excluding carboxylic acids is 2. The molecule has 118 valence electrons. The van der Waals surface area contributed by atoms with Gasteiger partial charge in [0.1, 0.15) is 0 Å². The predicted molar refractivity (Wildman–Crippen MR) is 81.6 cm³/mol. The molecule has 2 saturated carbocycles. The minimum atomic E-state index is -0.386. The van der Waals surface area contributed by atoms with Gasteiger partial charge in [0.25, 0.3) is 0 Å². The maximum Gasteiger partial charge on any atom is 0.330 e. The van der Waals surface area contributed by atoms with Gasteiger partial charge in [0.15, 0.2) is 0 Å². The van der Waals surface area contributed by atoms with Crippen LogP contribution in [0.25, 0.3) is 0 Å². The van der Waals surface area contributed by atoms with Gasteiger partial charge in [-0.2, -0.15) is 0 Å². The third-order valence-electron chi connectivity index (χ3n) is 5.67. The van der Waals surface area contributed by atoms with E-state index in [0.717, 1.165) is 12.8 Å². The zero-order valence-corrected chi connectivity index (χ0v) is 12.6. The summed E-state index contributed by atoms with van der Waals surface area (Å²) in [6.45, 7) is 7.64. The van der Waals surface area contributed by atoms with E-state index < -0.39 is 0 Å². The Balaban J connectivity index is 1.70. The van der Waals surface area contributed by atoms with Crippen molar-refractivity contribution in [1.82, 2.24) is 0 Å². The Morgan fingerprint density at radius 3 is 2.18 bits per heavy atom. The average Bonchev–Trinajstić information content (AvgIpc) is 3.21. The summed E-state index contributed by atoms with van der Waals surface area (Å²) in [6, 6.07) is 0. The van der Waals surface area contributed by atoms with Gasteiger partial charge in [-0.3, -0.25) is 0 Å². The lowest BCUT2D eigenvalue weighted by Gasteiger charge is -2.37. The second-order valence-corrected chi connectivity index (χ2v) is 6.46. The zero-order valence-electron chi connectivity index (χ0n) is 12.6. The maximum absolute atomic E-state index is 11.4. The molecule has 0 aromatic rings. The number of hydrogen-bond acceptors (Lipinski definition) is 4. The second-order valence-electron chi connectivity index (χ2n) is 6.46. The van der Waals surface area contributed by atoms with Crippen molar-refractivity contribution in [2.45, 2.75) is 12.8 Å². The highest BCUT2D eigenvalue weighted by atomic mass is 16.5. The highest BCUT2D eigenvalue weighted by Crippen LogP contribution is 2.61. The number of carbonyl (C=O) groups is 2. The van der Waals surface area contributed by atoms with E-state index in [4.69, 9.17) is 9.47 Å². The number of ether oxygens (including phenoxy) is 2. The van der Waals surface area contributed by atoms with Crippen molar-refractivity contribution in [2.24, 2.45) is 35.5 Å². The van der Waals surface area contributed by atoms with Crippen LogP contribution in [0.2, 0.25) is 0 Å². The van der Waals surface area contributed by atoms with E-state index in [9.17, 15) is 9.59 Å². The van der Waals surface area contributed by atoms with Gasteiger partial charge in [-0.1, -0.05) is 25.3 Å². The fourth-order valence-corrected chi connectivity index (χ4v) is 4.82. The van der Waals surface area contributed by atoms with E-state index in [1.807, 2.05) is 0 Å². The molecule has 2 fully saturated rings. The molecule has 0 spiro atoms. The van der Waals surface area contributed by atoms with Gasteiger partial charge in [-0.05, 0) is 36.5 Å². The standard InChI is InChI=1S/C18H22O4/c1-3-17(19)21-9-15-13-8-14(12-7-5-6-11(12)13)16(15)10-22-18(20)4-2/h3-6,11-16H,1-2,7-10H2. The van der Waals surface area contributed by atoms with Crippen molar-refractivity contribution >= 4 is 11.9 Å². The van der Waals surface area contributed by atoms with E-state index in [1.165, 1.54) is 12.2 Å². The Labute approximate surface area is 130 Å². The van der Waals surface area contributed by atoms with E-state index in [0.29, 0.717) is 36.9 Å². The lowest BCUT2D eigenvalue weighted by molar-refractivity contribution is -0.145. The van der Waals surface area contributed by atoms with Crippen LogP contribution in [-0.2, 0) is 19.1 Å². The molecule has 2 bridgehead atoms. The average molecular weight is 302 g/mol. The summed E-state index contributed by atoms with van der Waals surface area (Å²) in [5, 5.41) is 0. The SMILES string of the molecule is C=CC(=O)OCC1C2CC(C3CC=CC23)C1COC(=O)C=C. The van der Waals surface area contributed by atoms with Crippen LogP contribution in [0.4, 0.5) is 0 Å². The summed E-state index contributed by atoms with van der Waals surface area (Å²) in [7, 11) is 0. The van der Waals surface area contributed by atoms with Gasteiger partial charge in [-0.15, -0.1) is 0 Å². The van der Waals surface area contributed by atoms with Crippen LogP contribution in [-0.4, -0.2) is 25.2 Å². The molecule has 6 atom stereocenters. The third-order valence-corrected chi connectivity index (χ3v) is 5.67. The van der Waals surface area contributed by atoms with Crippen molar-refractivity contribution < 1.29 is 19.1 Å². The number of hydrogen-bond donors (Lipinski definition) is 0. The Morgan fingerprint density at radius 2 is 1.59 bits per heavy atom. The summed E-state index contributed by atoms with van der Waals surface area (Å²) < 4.78 is 10.6. The highest BCUT2D eigenvalue weighted by molar-refractivity contribution is 5.81. The molecule has 4 nitrogen and oxygen atoms in total. The molecule has 3 aliphatic carbocycles. The zero-order chi connectivity index (χ0) is 15.7. The Hall–Kier alpha value is -1.84. The fraction of sp³-hybridized carbons (Fsp3) is 0.556. The van der Waals surface area contributed by atoms with Crippen molar-refractivity contribution in [3.8, 4) is 0 Å². The van der Waals surface area contributed by atoms with E-state index in [2.05, 4.69) is 25.3 Å². The van der Waals surface area contributed by atoms with Crippen LogP contribution in [0, 0.1) is 35.5 Å². The predicted octanol–water partition coefficient (Wildman–Crippen LogP) is 2.52. The molecule has 0 aliphatic heterocycles. The smallest absolute Gasteiger partial charge is 0.330 e. The molecule has 0 aromatic heterocycles. The van der Waals surface area contributed by atoms with Gasteiger partial charge in [0.2, 0.25) is 0 Å².